The number of benzene rings is 2. The summed E-state index contributed by atoms with van der Waals surface area (Å²) in [6, 6.07) is 11.4. The molecule has 17 heavy (non-hydrogen) atoms. The molecule has 0 heterocycles. The molecule has 0 aliphatic carbocycles. The van der Waals surface area contributed by atoms with E-state index >= 15 is 0 Å². The zero-order valence-corrected chi connectivity index (χ0v) is 9.75. The molecular formula is C13H11ClFNO. The van der Waals surface area contributed by atoms with Crippen molar-refractivity contribution in [3.05, 3.63) is 58.9 Å². The number of nitrogens with two attached hydrogens (primary N) is 1. The Balaban J connectivity index is 2.07. The lowest BCUT2D eigenvalue weighted by molar-refractivity contribution is 0.306. The van der Waals surface area contributed by atoms with Gasteiger partial charge in [0.25, 0.3) is 0 Å². The fourth-order valence-corrected chi connectivity index (χ4v) is 1.66. The second-order valence-electron chi connectivity index (χ2n) is 3.61. The van der Waals surface area contributed by atoms with Gasteiger partial charge in [0, 0.05) is 5.69 Å². The maximum Gasteiger partial charge on any atom is 0.138 e. The van der Waals surface area contributed by atoms with E-state index in [9.17, 15) is 4.39 Å². The lowest BCUT2D eigenvalue weighted by Crippen LogP contribution is -1.97. The van der Waals surface area contributed by atoms with E-state index in [-0.39, 0.29) is 10.8 Å². The first-order valence-electron chi connectivity index (χ1n) is 5.07. The summed E-state index contributed by atoms with van der Waals surface area (Å²) in [5.74, 6) is 0.0711. The van der Waals surface area contributed by atoms with Crippen molar-refractivity contribution < 1.29 is 9.13 Å². The highest BCUT2D eigenvalue weighted by atomic mass is 35.5. The number of ether oxygens (including phenoxy) is 1. The Hall–Kier alpha value is -1.74. The number of anilines is 1. The van der Waals surface area contributed by atoms with Gasteiger partial charge in [-0.15, -0.1) is 0 Å². The highest BCUT2D eigenvalue weighted by molar-refractivity contribution is 6.32. The predicted octanol–water partition coefficient (Wildman–Crippen LogP) is 3.64. The number of hydrogen-bond acceptors (Lipinski definition) is 2. The Labute approximate surface area is 104 Å². The topological polar surface area (TPSA) is 35.2 Å². The molecule has 2 nitrogen and oxygen atoms in total. The average Bonchev–Trinajstić information content (AvgIpc) is 2.28. The molecule has 0 aromatic heterocycles. The molecule has 4 heteroatoms. The van der Waals surface area contributed by atoms with Gasteiger partial charge >= 0.3 is 0 Å². The van der Waals surface area contributed by atoms with Gasteiger partial charge in [0.15, 0.2) is 0 Å². The van der Waals surface area contributed by atoms with E-state index in [1.807, 2.05) is 18.2 Å². The molecule has 0 fully saturated rings. The predicted molar refractivity (Wildman–Crippen MR) is 66.6 cm³/mol. The summed E-state index contributed by atoms with van der Waals surface area (Å²) < 4.78 is 18.3. The fraction of sp³-hybridized carbons (Fsp3) is 0.0769. The maximum absolute atomic E-state index is 12.8. The third-order valence-electron chi connectivity index (χ3n) is 2.24. The Morgan fingerprint density at radius 1 is 1.18 bits per heavy atom. The molecular weight excluding hydrogens is 241 g/mol. The Bertz CT molecular complexity index is 531. The summed E-state index contributed by atoms with van der Waals surface area (Å²) in [7, 11) is 0. The Kier molecular flexibility index (Phi) is 3.49. The van der Waals surface area contributed by atoms with E-state index in [2.05, 4.69) is 0 Å². The van der Waals surface area contributed by atoms with Crippen LogP contribution in [0.3, 0.4) is 0 Å². The van der Waals surface area contributed by atoms with E-state index < -0.39 is 0 Å². The largest absolute Gasteiger partial charge is 0.487 e. The van der Waals surface area contributed by atoms with Gasteiger partial charge in [0.1, 0.15) is 18.2 Å². The van der Waals surface area contributed by atoms with Crippen molar-refractivity contribution in [2.75, 3.05) is 5.73 Å². The van der Waals surface area contributed by atoms with Crippen molar-refractivity contribution in [2.45, 2.75) is 6.61 Å². The molecule has 0 saturated heterocycles. The van der Waals surface area contributed by atoms with Gasteiger partial charge in [-0.05, 0) is 35.9 Å². The standard InChI is InChI=1S/C13H11ClFNO/c14-12-7-10(15)4-5-13(12)17-8-9-2-1-3-11(16)6-9/h1-7H,8,16H2. The molecule has 0 saturated carbocycles. The lowest BCUT2D eigenvalue weighted by atomic mass is 10.2. The van der Waals surface area contributed by atoms with Crippen LogP contribution in [0.2, 0.25) is 5.02 Å². The molecule has 0 radical (unpaired) electrons. The van der Waals surface area contributed by atoms with Crippen LogP contribution in [0, 0.1) is 5.82 Å². The molecule has 0 amide bonds. The second kappa shape index (κ2) is 5.06. The monoisotopic (exact) mass is 251 g/mol. The minimum atomic E-state index is -0.383. The third kappa shape index (κ3) is 3.11. The van der Waals surface area contributed by atoms with Crippen LogP contribution in [0.15, 0.2) is 42.5 Å². The normalized spacial score (nSPS) is 10.2. The first kappa shape index (κ1) is 11.7. The van der Waals surface area contributed by atoms with E-state index in [1.54, 1.807) is 6.07 Å². The number of nitrogen functional groups attached to an aromatic ring is 1. The van der Waals surface area contributed by atoms with Gasteiger partial charge in [-0.2, -0.15) is 0 Å². The second-order valence-corrected chi connectivity index (χ2v) is 4.02. The van der Waals surface area contributed by atoms with Crippen molar-refractivity contribution in [3.63, 3.8) is 0 Å². The molecule has 0 aliphatic rings. The summed E-state index contributed by atoms with van der Waals surface area (Å²) in [5, 5.41) is 0.258. The zero-order valence-electron chi connectivity index (χ0n) is 8.99. The molecule has 2 aromatic carbocycles. The molecule has 0 aliphatic heterocycles. The van der Waals surface area contributed by atoms with E-state index in [4.69, 9.17) is 22.1 Å². The van der Waals surface area contributed by atoms with Crippen molar-refractivity contribution in [3.8, 4) is 5.75 Å². The molecule has 88 valence electrons. The SMILES string of the molecule is Nc1cccc(COc2ccc(F)cc2Cl)c1. The van der Waals surface area contributed by atoms with Crippen LogP contribution in [-0.4, -0.2) is 0 Å². The van der Waals surface area contributed by atoms with E-state index in [0.717, 1.165) is 5.56 Å². The average molecular weight is 252 g/mol. The zero-order chi connectivity index (χ0) is 12.3. The molecule has 2 rings (SSSR count). The van der Waals surface area contributed by atoms with Crippen LogP contribution in [0.4, 0.5) is 10.1 Å². The molecule has 0 spiro atoms. The Morgan fingerprint density at radius 3 is 2.71 bits per heavy atom. The molecule has 0 bridgehead atoms. The van der Waals surface area contributed by atoms with E-state index in [1.165, 1.54) is 18.2 Å². The van der Waals surface area contributed by atoms with Gasteiger partial charge in [0.05, 0.1) is 5.02 Å². The quantitative estimate of drug-likeness (QED) is 0.846. The van der Waals surface area contributed by atoms with Gasteiger partial charge in [-0.3, -0.25) is 0 Å². The molecule has 0 unspecified atom stereocenters. The summed E-state index contributed by atoms with van der Waals surface area (Å²) in [5.41, 5.74) is 7.26. The molecule has 0 atom stereocenters. The van der Waals surface area contributed by atoms with E-state index in [0.29, 0.717) is 18.0 Å². The van der Waals surface area contributed by atoms with Crippen molar-refractivity contribution >= 4 is 17.3 Å². The van der Waals surface area contributed by atoms with Gasteiger partial charge in [-0.25, -0.2) is 4.39 Å². The maximum atomic E-state index is 12.8. The fourth-order valence-electron chi connectivity index (χ4n) is 1.44. The van der Waals surface area contributed by atoms with Crippen LogP contribution < -0.4 is 10.5 Å². The first-order valence-corrected chi connectivity index (χ1v) is 5.45. The van der Waals surface area contributed by atoms with Crippen LogP contribution >= 0.6 is 11.6 Å². The number of hydrogen-bond donors (Lipinski definition) is 1. The van der Waals surface area contributed by atoms with Crippen molar-refractivity contribution in [1.29, 1.82) is 0 Å². The Morgan fingerprint density at radius 2 is 2.00 bits per heavy atom. The van der Waals surface area contributed by atoms with Gasteiger partial charge in [0.2, 0.25) is 0 Å². The minimum absolute atomic E-state index is 0.258. The van der Waals surface area contributed by atoms with Crippen LogP contribution in [0.1, 0.15) is 5.56 Å². The summed E-state index contributed by atoms with van der Waals surface area (Å²) >= 11 is 5.84. The van der Waals surface area contributed by atoms with Gasteiger partial charge in [-0.1, -0.05) is 23.7 Å². The highest BCUT2D eigenvalue weighted by Crippen LogP contribution is 2.25. The summed E-state index contributed by atoms with van der Waals surface area (Å²) in [6.45, 7) is 0.344. The van der Waals surface area contributed by atoms with Crippen LogP contribution in [-0.2, 0) is 6.61 Å². The molecule has 2 N–H and O–H groups in total. The smallest absolute Gasteiger partial charge is 0.138 e. The number of halogens is 2. The highest BCUT2D eigenvalue weighted by Gasteiger charge is 2.03. The summed E-state index contributed by atoms with van der Waals surface area (Å²) in [6.07, 6.45) is 0. The lowest BCUT2D eigenvalue weighted by Gasteiger charge is -2.08. The third-order valence-corrected chi connectivity index (χ3v) is 2.53. The minimum Gasteiger partial charge on any atom is -0.487 e. The van der Waals surface area contributed by atoms with Crippen LogP contribution in [0.25, 0.3) is 0 Å². The molecule has 2 aromatic rings. The first-order chi connectivity index (χ1) is 8.15. The number of rotatable bonds is 3. The van der Waals surface area contributed by atoms with Crippen molar-refractivity contribution in [1.82, 2.24) is 0 Å². The van der Waals surface area contributed by atoms with Gasteiger partial charge < -0.3 is 10.5 Å². The van der Waals surface area contributed by atoms with Crippen LogP contribution in [0.5, 0.6) is 5.75 Å². The summed E-state index contributed by atoms with van der Waals surface area (Å²) in [4.78, 5) is 0. The van der Waals surface area contributed by atoms with Crippen molar-refractivity contribution in [2.24, 2.45) is 0 Å².